The summed E-state index contributed by atoms with van der Waals surface area (Å²) in [5.74, 6) is 0.316. The Morgan fingerprint density at radius 3 is 2.74 bits per heavy atom. The molecule has 1 fully saturated rings. The Morgan fingerprint density at radius 1 is 1.32 bits per heavy atom. The van der Waals surface area contributed by atoms with Gasteiger partial charge >= 0.3 is 0 Å². The van der Waals surface area contributed by atoms with Gasteiger partial charge < -0.3 is 15.0 Å². The molecular formula is C15H21N3O. The van der Waals surface area contributed by atoms with Crippen molar-refractivity contribution < 1.29 is 5.11 Å². The van der Waals surface area contributed by atoms with Crippen LogP contribution in [-0.2, 0) is 0 Å². The molecule has 19 heavy (non-hydrogen) atoms. The standard InChI is InChI=1S/C15H21N3O/c1-11(2)15(19)6-8-18(9-7-15)13-5-3-4-12-14(13)17-10-16-12/h3-5,10-11,19H,6-9H2,1-2H3,(H,16,17). The van der Waals surface area contributed by atoms with Crippen LogP contribution in [0.25, 0.3) is 11.0 Å². The number of fused-ring (bicyclic) bond motifs is 1. The van der Waals surface area contributed by atoms with Crippen LogP contribution >= 0.6 is 0 Å². The molecule has 0 radical (unpaired) electrons. The SMILES string of the molecule is CC(C)C1(O)CCN(c2cccc3[nH]cnc23)CC1. The van der Waals surface area contributed by atoms with Gasteiger partial charge in [-0.25, -0.2) is 4.98 Å². The van der Waals surface area contributed by atoms with Crippen molar-refractivity contribution in [3.63, 3.8) is 0 Å². The van der Waals surface area contributed by atoms with Crippen LogP contribution in [-0.4, -0.2) is 33.8 Å². The third kappa shape index (κ3) is 2.10. The topological polar surface area (TPSA) is 52.1 Å². The first-order valence-corrected chi connectivity index (χ1v) is 6.99. The molecule has 0 atom stereocenters. The summed E-state index contributed by atoms with van der Waals surface area (Å²) in [5, 5.41) is 10.5. The molecule has 102 valence electrons. The lowest BCUT2D eigenvalue weighted by Crippen LogP contribution is -2.47. The molecule has 1 aliphatic rings. The number of aromatic nitrogens is 2. The van der Waals surface area contributed by atoms with E-state index in [1.165, 1.54) is 5.69 Å². The largest absolute Gasteiger partial charge is 0.389 e. The van der Waals surface area contributed by atoms with Crippen molar-refractivity contribution in [2.45, 2.75) is 32.3 Å². The Hall–Kier alpha value is -1.55. The number of benzene rings is 1. The molecule has 2 N–H and O–H groups in total. The summed E-state index contributed by atoms with van der Waals surface area (Å²) in [6.45, 7) is 5.98. The van der Waals surface area contributed by atoms with Gasteiger partial charge in [-0.2, -0.15) is 0 Å². The summed E-state index contributed by atoms with van der Waals surface area (Å²) in [6, 6.07) is 6.21. The maximum absolute atomic E-state index is 10.5. The van der Waals surface area contributed by atoms with E-state index < -0.39 is 5.60 Å². The van der Waals surface area contributed by atoms with E-state index >= 15 is 0 Å². The molecule has 0 amide bonds. The average molecular weight is 259 g/mol. The van der Waals surface area contributed by atoms with E-state index in [0.29, 0.717) is 5.92 Å². The van der Waals surface area contributed by atoms with E-state index in [1.54, 1.807) is 6.33 Å². The van der Waals surface area contributed by atoms with Crippen molar-refractivity contribution in [3.05, 3.63) is 24.5 Å². The number of aliphatic hydroxyl groups is 1. The van der Waals surface area contributed by atoms with Crippen LogP contribution in [0.2, 0.25) is 0 Å². The first kappa shape index (κ1) is 12.5. The normalized spacial score (nSPS) is 19.3. The predicted octanol–water partition coefficient (Wildman–Crippen LogP) is 2.55. The predicted molar refractivity (Wildman–Crippen MR) is 77.3 cm³/mol. The van der Waals surface area contributed by atoms with Gasteiger partial charge in [0, 0.05) is 13.1 Å². The number of rotatable bonds is 2. The van der Waals surface area contributed by atoms with Crippen molar-refractivity contribution >= 4 is 16.7 Å². The van der Waals surface area contributed by atoms with Crippen LogP contribution in [0.15, 0.2) is 24.5 Å². The second kappa shape index (κ2) is 4.53. The molecule has 2 aromatic rings. The number of nitrogens with one attached hydrogen (secondary N) is 1. The fraction of sp³-hybridized carbons (Fsp3) is 0.533. The van der Waals surface area contributed by atoms with Crippen molar-refractivity contribution in [1.82, 2.24) is 9.97 Å². The lowest BCUT2D eigenvalue weighted by molar-refractivity contribution is -0.0261. The third-order valence-electron chi connectivity index (χ3n) is 4.47. The maximum Gasteiger partial charge on any atom is 0.112 e. The van der Waals surface area contributed by atoms with E-state index in [9.17, 15) is 5.11 Å². The Kier molecular flexibility index (Phi) is 2.97. The zero-order valence-electron chi connectivity index (χ0n) is 11.6. The van der Waals surface area contributed by atoms with Crippen molar-refractivity contribution in [3.8, 4) is 0 Å². The highest BCUT2D eigenvalue weighted by Gasteiger charge is 2.35. The van der Waals surface area contributed by atoms with Crippen LogP contribution in [0.3, 0.4) is 0 Å². The molecule has 0 spiro atoms. The van der Waals surface area contributed by atoms with E-state index in [1.807, 2.05) is 6.07 Å². The zero-order chi connectivity index (χ0) is 13.5. The summed E-state index contributed by atoms with van der Waals surface area (Å²) in [6.07, 6.45) is 3.39. The van der Waals surface area contributed by atoms with Gasteiger partial charge in [0.2, 0.25) is 0 Å². The first-order chi connectivity index (χ1) is 9.10. The highest BCUT2D eigenvalue weighted by molar-refractivity contribution is 5.88. The second-order valence-electron chi connectivity index (χ2n) is 5.82. The number of hydrogen-bond donors (Lipinski definition) is 2. The monoisotopic (exact) mass is 259 g/mol. The van der Waals surface area contributed by atoms with Gasteiger partial charge in [-0.3, -0.25) is 0 Å². The number of piperidine rings is 1. The number of hydrogen-bond acceptors (Lipinski definition) is 3. The van der Waals surface area contributed by atoms with Gasteiger partial charge in [-0.15, -0.1) is 0 Å². The molecule has 1 aromatic carbocycles. The number of H-pyrrole nitrogens is 1. The minimum Gasteiger partial charge on any atom is -0.389 e. The van der Waals surface area contributed by atoms with Gasteiger partial charge in [0.1, 0.15) is 5.52 Å². The average Bonchev–Trinajstić information content (AvgIpc) is 2.87. The summed E-state index contributed by atoms with van der Waals surface area (Å²) >= 11 is 0. The molecule has 3 rings (SSSR count). The van der Waals surface area contributed by atoms with Crippen LogP contribution in [0.1, 0.15) is 26.7 Å². The lowest BCUT2D eigenvalue weighted by Gasteiger charge is -2.41. The van der Waals surface area contributed by atoms with Crippen LogP contribution in [0.4, 0.5) is 5.69 Å². The van der Waals surface area contributed by atoms with E-state index in [2.05, 4.69) is 40.8 Å². The Balaban J connectivity index is 1.84. The second-order valence-corrected chi connectivity index (χ2v) is 5.82. The van der Waals surface area contributed by atoms with Crippen molar-refractivity contribution in [2.75, 3.05) is 18.0 Å². The molecular weight excluding hydrogens is 238 g/mol. The molecule has 2 heterocycles. The number of aromatic amines is 1. The van der Waals surface area contributed by atoms with E-state index in [-0.39, 0.29) is 0 Å². The fourth-order valence-electron chi connectivity index (χ4n) is 2.92. The smallest absolute Gasteiger partial charge is 0.112 e. The minimum absolute atomic E-state index is 0.316. The Labute approximate surface area is 113 Å². The molecule has 0 saturated carbocycles. The minimum atomic E-state index is -0.504. The quantitative estimate of drug-likeness (QED) is 0.871. The molecule has 4 heteroatoms. The first-order valence-electron chi connectivity index (χ1n) is 6.99. The van der Waals surface area contributed by atoms with Gasteiger partial charge in [0.05, 0.1) is 23.1 Å². The molecule has 0 unspecified atom stereocenters. The van der Waals surface area contributed by atoms with Crippen molar-refractivity contribution in [1.29, 1.82) is 0 Å². The lowest BCUT2D eigenvalue weighted by atomic mass is 9.81. The molecule has 0 bridgehead atoms. The fourth-order valence-corrected chi connectivity index (χ4v) is 2.92. The Morgan fingerprint density at radius 2 is 2.05 bits per heavy atom. The maximum atomic E-state index is 10.5. The molecule has 0 aliphatic carbocycles. The third-order valence-corrected chi connectivity index (χ3v) is 4.47. The zero-order valence-corrected chi connectivity index (χ0v) is 11.6. The highest BCUT2D eigenvalue weighted by atomic mass is 16.3. The van der Waals surface area contributed by atoms with Crippen LogP contribution in [0, 0.1) is 5.92 Å². The molecule has 1 aliphatic heterocycles. The molecule has 1 saturated heterocycles. The summed E-state index contributed by atoms with van der Waals surface area (Å²) in [4.78, 5) is 9.89. The number of anilines is 1. The van der Waals surface area contributed by atoms with Crippen LogP contribution < -0.4 is 4.90 Å². The highest BCUT2D eigenvalue weighted by Crippen LogP contribution is 2.33. The van der Waals surface area contributed by atoms with E-state index in [0.717, 1.165) is 37.0 Å². The van der Waals surface area contributed by atoms with Crippen molar-refractivity contribution in [2.24, 2.45) is 5.92 Å². The summed E-state index contributed by atoms with van der Waals surface area (Å²) in [7, 11) is 0. The number of nitrogens with zero attached hydrogens (tertiary/aromatic N) is 2. The van der Waals surface area contributed by atoms with Gasteiger partial charge in [-0.1, -0.05) is 19.9 Å². The molecule has 1 aromatic heterocycles. The number of imidazole rings is 1. The van der Waals surface area contributed by atoms with Crippen LogP contribution in [0.5, 0.6) is 0 Å². The molecule has 4 nitrogen and oxygen atoms in total. The summed E-state index contributed by atoms with van der Waals surface area (Å²) in [5.41, 5.74) is 2.76. The number of para-hydroxylation sites is 1. The van der Waals surface area contributed by atoms with E-state index in [4.69, 9.17) is 0 Å². The van der Waals surface area contributed by atoms with Gasteiger partial charge in [-0.05, 0) is 30.9 Å². The Bertz CT molecular complexity index is 568. The van der Waals surface area contributed by atoms with Gasteiger partial charge in [0.15, 0.2) is 0 Å². The summed E-state index contributed by atoms with van der Waals surface area (Å²) < 4.78 is 0. The van der Waals surface area contributed by atoms with Gasteiger partial charge in [0.25, 0.3) is 0 Å².